The van der Waals surface area contributed by atoms with Gasteiger partial charge in [-0.1, -0.05) is 37.2 Å². The number of carbonyl (C=O) groups is 1. The highest BCUT2D eigenvalue weighted by Gasteiger charge is 2.37. The van der Waals surface area contributed by atoms with Gasteiger partial charge in [0.2, 0.25) is 0 Å². The van der Waals surface area contributed by atoms with Gasteiger partial charge in [0.1, 0.15) is 0 Å². The van der Waals surface area contributed by atoms with Crippen LogP contribution < -0.4 is 10.1 Å². The minimum absolute atomic E-state index is 0.171. The second-order valence-corrected chi connectivity index (χ2v) is 6.36. The fraction of sp³-hybridized carbons (Fsp3) is 0.353. The molecule has 1 N–H and O–H groups in total. The zero-order chi connectivity index (χ0) is 17.7. The highest BCUT2D eigenvalue weighted by atomic mass is 32.2. The lowest BCUT2D eigenvalue weighted by Gasteiger charge is -2.11. The van der Waals surface area contributed by atoms with Crippen molar-refractivity contribution in [3.05, 3.63) is 51.6 Å². The Morgan fingerprint density at radius 1 is 1.50 bits per heavy atom. The Morgan fingerprint density at radius 2 is 2.25 bits per heavy atom. The average molecular weight is 348 g/mol. The fourth-order valence-electron chi connectivity index (χ4n) is 2.44. The Hall–Kier alpha value is -2.28. The third-order valence-corrected chi connectivity index (χ3v) is 4.93. The number of thioether (sulfide) groups is 1. The number of unbranched alkanes of at least 4 members (excludes halogenated alkanes) is 1. The molecule has 1 aliphatic rings. The highest BCUT2D eigenvalue weighted by molar-refractivity contribution is 8.05. The van der Waals surface area contributed by atoms with Crippen LogP contribution in [0.5, 0.6) is 5.75 Å². The van der Waals surface area contributed by atoms with Crippen LogP contribution in [0.4, 0.5) is 5.69 Å². The fourth-order valence-corrected chi connectivity index (χ4v) is 3.46. The predicted molar refractivity (Wildman–Crippen MR) is 96.1 cm³/mol. The van der Waals surface area contributed by atoms with Gasteiger partial charge < -0.3 is 10.1 Å². The van der Waals surface area contributed by atoms with Crippen LogP contribution in [0.25, 0.3) is 5.57 Å². The first-order valence-corrected chi connectivity index (χ1v) is 8.59. The Labute approximate surface area is 145 Å². The van der Waals surface area contributed by atoms with Gasteiger partial charge in [-0.2, -0.15) is 0 Å². The summed E-state index contributed by atoms with van der Waals surface area (Å²) in [5.74, 6) is 0.00177. The van der Waals surface area contributed by atoms with E-state index >= 15 is 0 Å². The van der Waals surface area contributed by atoms with Gasteiger partial charge in [0.25, 0.3) is 0 Å². The van der Waals surface area contributed by atoms with Crippen LogP contribution in [0, 0.1) is 10.1 Å². The topological polar surface area (TPSA) is 81.5 Å². The second-order valence-electron chi connectivity index (χ2n) is 5.20. The molecule has 1 unspecified atom stereocenters. The number of nitrogens with one attached hydrogen (secondary N) is 1. The summed E-state index contributed by atoms with van der Waals surface area (Å²) in [6.07, 6.45) is 3.28. The van der Waals surface area contributed by atoms with Gasteiger partial charge >= 0.3 is 5.69 Å². The van der Waals surface area contributed by atoms with Crippen molar-refractivity contribution in [3.8, 4) is 5.75 Å². The minimum atomic E-state index is -0.490. The molecule has 0 aromatic heterocycles. The van der Waals surface area contributed by atoms with E-state index in [-0.39, 0.29) is 22.8 Å². The van der Waals surface area contributed by atoms with Crippen molar-refractivity contribution in [1.29, 1.82) is 0 Å². The lowest BCUT2D eigenvalue weighted by Crippen LogP contribution is -2.12. The van der Waals surface area contributed by atoms with E-state index in [9.17, 15) is 14.9 Å². The standard InChI is InChI=1S/C17H20N2O4S/c1-4-6-10-23-12-9-7-8-11(15(12)19(21)22)14-16(20)13(5-2)24-17(14)18-3/h5,7-9,13,18H,2,4,6,10H2,1,3H3. The molecular formula is C17H20N2O4S. The number of carbonyl (C=O) groups excluding carboxylic acids is 1. The molecule has 0 radical (unpaired) electrons. The van der Waals surface area contributed by atoms with Crippen LogP contribution in [0.3, 0.4) is 0 Å². The monoisotopic (exact) mass is 348 g/mol. The van der Waals surface area contributed by atoms with Gasteiger partial charge in [-0.25, -0.2) is 0 Å². The first-order valence-electron chi connectivity index (χ1n) is 7.71. The summed E-state index contributed by atoms with van der Waals surface area (Å²) in [4.78, 5) is 23.7. The maximum Gasteiger partial charge on any atom is 0.318 e. The molecule has 0 fully saturated rings. The molecule has 1 aromatic rings. The molecule has 0 aliphatic carbocycles. The van der Waals surface area contributed by atoms with Gasteiger partial charge in [0.15, 0.2) is 11.5 Å². The summed E-state index contributed by atoms with van der Waals surface area (Å²) in [6, 6.07) is 4.82. The first-order chi connectivity index (χ1) is 11.5. The molecule has 0 saturated heterocycles. The van der Waals surface area contributed by atoms with Crippen molar-refractivity contribution in [2.24, 2.45) is 0 Å². The number of nitro groups is 1. The number of para-hydroxylation sites is 1. The number of benzene rings is 1. The van der Waals surface area contributed by atoms with Crippen LogP contribution >= 0.6 is 11.8 Å². The number of Topliss-reactive ketones (excluding diaryl/α,β-unsaturated/α-hetero) is 1. The Kier molecular flexibility index (Phi) is 6.03. The maximum absolute atomic E-state index is 12.6. The van der Waals surface area contributed by atoms with Gasteiger partial charge in [0, 0.05) is 7.05 Å². The smallest absolute Gasteiger partial charge is 0.318 e. The van der Waals surface area contributed by atoms with Crippen LogP contribution in [0.1, 0.15) is 25.3 Å². The number of ketones is 1. The van der Waals surface area contributed by atoms with E-state index in [0.29, 0.717) is 17.2 Å². The number of hydrogen-bond acceptors (Lipinski definition) is 6. The molecule has 0 saturated carbocycles. The van der Waals surface area contributed by atoms with E-state index in [2.05, 4.69) is 11.9 Å². The summed E-state index contributed by atoms with van der Waals surface area (Å²) in [7, 11) is 1.69. The van der Waals surface area contributed by atoms with Gasteiger partial charge in [-0.3, -0.25) is 14.9 Å². The van der Waals surface area contributed by atoms with Crippen molar-refractivity contribution >= 4 is 28.8 Å². The van der Waals surface area contributed by atoms with E-state index < -0.39 is 10.2 Å². The van der Waals surface area contributed by atoms with E-state index in [1.165, 1.54) is 11.8 Å². The van der Waals surface area contributed by atoms with E-state index in [4.69, 9.17) is 4.74 Å². The first kappa shape index (κ1) is 18.1. The van der Waals surface area contributed by atoms with Gasteiger partial charge in [-0.05, 0) is 18.6 Å². The van der Waals surface area contributed by atoms with Crippen LogP contribution in [0.15, 0.2) is 35.9 Å². The minimum Gasteiger partial charge on any atom is -0.487 e. The quantitative estimate of drug-likeness (QED) is 0.335. The molecule has 2 rings (SSSR count). The van der Waals surface area contributed by atoms with Crippen LogP contribution in [-0.2, 0) is 4.79 Å². The SMILES string of the molecule is C=CC1SC(NC)=C(c2cccc(OCCCC)c2[N+](=O)[O-])C1=O. The van der Waals surface area contributed by atoms with Crippen molar-refractivity contribution < 1.29 is 14.5 Å². The van der Waals surface area contributed by atoms with Crippen LogP contribution in [0.2, 0.25) is 0 Å². The summed E-state index contributed by atoms with van der Waals surface area (Å²) in [5, 5.41) is 14.8. The lowest BCUT2D eigenvalue weighted by atomic mass is 9.98. The molecule has 0 spiro atoms. The molecule has 6 nitrogen and oxygen atoms in total. The molecule has 24 heavy (non-hydrogen) atoms. The van der Waals surface area contributed by atoms with Crippen molar-refractivity contribution in [2.75, 3.05) is 13.7 Å². The van der Waals surface area contributed by atoms with Crippen LogP contribution in [-0.4, -0.2) is 29.6 Å². The molecule has 1 aliphatic heterocycles. The second kappa shape index (κ2) is 8.01. The summed E-state index contributed by atoms with van der Waals surface area (Å²) in [6.45, 7) is 6.08. The molecule has 0 bridgehead atoms. The molecule has 7 heteroatoms. The summed E-state index contributed by atoms with van der Waals surface area (Å²) >= 11 is 1.31. The summed E-state index contributed by atoms with van der Waals surface area (Å²) < 4.78 is 5.57. The van der Waals surface area contributed by atoms with E-state index in [0.717, 1.165) is 12.8 Å². The van der Waals surface area contributed by atoms with E-state index in [1.54, 1.807) is 31.3 Å². The lowest BCUT2D eigenvalue weighted by molar-refractivity contribution is -0.386. The molecule has 1 aromatic carbocycles. The number of hydrogen-bond donors (Lipinski definition) is 1. The number of rotatable bonds is 8. The molecule has 128 valence electrons. The van der Waals surface area contributed by atoms with Crippen molar-refractivity contribution in [1.82, 2.24) is 5.32 Å². The number of allylic oxidation sites excluding steroid dienone is 1. The Balaban J connectivity index is 2.53. The number of nitro benzene ring substituents is 1. The number of ether oxygens (including phenoxy) is 1. The Bertz CT molecular complexity index is 700. The van der Waals surface area contributed by atoms with Gasteiger partial charge in [-0.15, -0.1) is 6.58 Å². The van der Waals surface area contributed by atoms with E-state index in [1.807, 2.05) is 6.92 Å². The predicted octanol–water partition coefficient (Wildman–Crippen LogP) is 3.53. The molecule has 0 amide bonds. The third kappa shape index (κ3) is 3.46. The normalized spacial score (nSPS) is 17.1. The molecule has 1 atom stereocenters. The Morgan fingerprint density at radius 3 is 2.83 bits per heavy atom. The largest absolute Gasteiger partial charge is 0.487 e. The van der Waals surface area contributed by atoms with Crippen molar-refractivity contribution in [3.63, 3.8) is 0 Å². The summed E-state index contributed by atoms with van der Waals surface area (Å²) in [5.41, 5.74) is 0.426. The van der Waals surface area contributed by atoms with Crippen molar-refractivity contribution in [2.45, 2.75) is 25.0 Å². The maximum atomic E-state index is 12.6. The molecule has 1 heterocycles. The molecular weight excluding hydrogens is 328 g/mol. The zero-order valence-electron chi connectivity index (χ0n) is 13.7. The average Bonchev–Trinajstić information content (AvgIpc) is 2.90. The number of nitrogens with zero attached hydrogens (tertiary/aromatic N) is 1. The van der Waals surface area contributed by atoms with Gasteiger partial charge in [0.05, 0.1) is 32.9 Å². The highest BCUT2D eigenvalue weighted by Crippen LogP contribution is 2.44. The third-order valence-electron chi connectivity index (χ3n) is 3.62. The zero-order valence-corrected chi connectivity index (χ0v) is 14.5.